The summed E-state index contributed by atoms with van der Waals surface area (Å²) in [5, 5.41) is 3.38. The lowest BCUT2D eigenvalue weighted by Crippen LogP contribution is -2.35. The second kappa shape index (κ2) is 6.81. The van der Waals surface area contributed by atoms with Gasteiger partial charge in [0, 0.05) is 12.1 Å². The van der Waals surface area contributed by atoms with E-state index in [2.05, 4.69) is 26.1 Å². The van der Waals surface area contributed by atoms with E-state index in [4.69, 9.17) is 4.74 Å². The topological polar surface area (TPSA) is 21.3 Å². The number of ether oxygens (including phenoxy) is 1. The number of benzene rings is 1. The van der Waals surface area contributed by atoms with Crippen molar-refractivity contribution in [2.45, 2.75) is 45.9 Å². The van der Waals surface area contributed by atoms with Crippen LogP contribution in [-0.4, -0.2) is 18.6 Å². The van der Waals surface area contributed by atoms with Crippen LogP contribution in [0.15, 0.2) is 24.3 Å². The zero-order valence-corrected chi connectivity index (χ0v) is 11.2. The van der Waals surface area contributed by atoms with Crippen molar-refractivity contribution in [3.63, 3.8) is 0 Å². The highest BCUT2D eigenvalue weighted by Crippen LogP contribution is 2.09. The molecule has 0 heterocycles. The van der Waals surface area contributed by atoms with Crippen molar-refractivity contribution in [1.82, 2.24) is 5.32 Å². The molecule has 1 N–H and O–H groups in total. The van der Waals surface area contributed by atoms with E-state index < -0.39 is 13.0 Å². The minimum atomic E-state index is -2.41. The maximum absolute atomic E-state index is 11.9. The summed E-state index contributed by atoms with van der Waals surface area (Å²) in [5.74, 6) is 0. The molecule has 0 fully saturated rings. The van der Waals surface area contributed by atoms with Gasteiger partial charge in [0.1, 0.15) is 6.61 Å². The van der Waals surface area contributed by atoms with Crippen LogP contribution in [0.3, 0.4) is 0 Å². The first-order valence-corrected chi connectivity index (χ1v) is 6.05. The average molecular weight is 257 g/mol. The van der Waals surface area contributed by atoms with Gasteiger partial charge in [-0.3, -0.25) is 0 Å². The largest absolute Gasteiger partial charge is 0.371 e. The Morgan fingerprint density at radius 2 is 1.89 bits per heavy atom. The molecule has 1 aromatic carbocycles. The van der Waals surface area contributed by atoms with Crippen LogP contribution >= 0.6 is 0 Å². The molecule has 4 heteroatoms. The molecule has 102 valence electrons. The van der Waals surface area contributed by atoms with Gasteiger partial charge in [-0.05, 0) is 31.9 Å². The molecule has 0 atom stereocenters. The van der Waals surface area contributed by atoms with Gasteiger partial charge in [0.05, 0.1) is 6.61 Å². The quantitative estimate of drug-likeness (QED) is 0.843. The molecular weight excluding hydrogens is 236 g/mol. The van der Waals surface area contributed by atoms with Crippen LogP contribution in [0.1, 0.15) is 31.9 Å². The molecule has 18 heavy (non-hydrogen) atoms. The molecule has 1 rings (SSSR count). The van der Waals surface area contributed by atoms with Crippen molar-refractivity contribution in [3.05, 3.63) is 35.4 Å². The predicted octanol–water partition coefficient (Wildman–Crippen LogP) is 3.36. The van der Waals surface area contributed by atoms with Gasteiger partial charge in [0.25, 0.3) is 6.43 Å². The fourth-order valence-corrected chi connectivity index (χ4v) is 1.46. The van der Waals surface area contributed by atoms with Crippen molar-refractivity contribution in [3.8, 4) is 0 Å². The summed E-state index contributed by atoms with van der Waals surface area (Å²) in [6.07, 6.45) is -2.41. The fraction of sp³-hybridized carbons (Fsp3) is 0.571. The van der Waals surface area contributed by atoms with Crippen LogP contribution in [0, 0.1) is 0 Å². The normalized spacial score (nSPS) is 12.1. The Hall–Kier alpha value is -1.00. The molecule has 0 radical (unpaired) electrons. The smallest absolute Gasteiger partial charge is 0.261 e. The summed E-state index contributed by atoms with van der Waals surface area (Å²) in [6, 6.07) is 7.78. The summed E-state index contributed by atoms with van der Waals surface area (Å²) >= 11 is 0. The molecule has 0 saturated heterocycles. The first kappa shape index (κ1) is 15.1. The van der Waals surface area contributed by atoms with Gasteiger partial charge in [-0.2, -0.15) is 0 Å². The molecular formula is C14H21F2NO. The number of rotatable bonds is 6. The highest BCUT2D eigenvalue weighted by Gasteiger charge is 2.08. The van der Waals surface area contributed by atoms with Crippen molar-refractivity contribution in [2.75, 3.05) is 6.61 Å². The number of nitrogens with one attached hydrogen (secondary N) is 1. The first-order valence-electron chi connectivity index (χ1n) is 6.05. The summed E-state index contributed by atoms with van der Waals surface area (Å²) in [6.45, 7) is 6.78. The van der Waals surface area contributed by atoms with E-state index in [0.717, 1.165) is 17.7 Å². The summed E-state index contributed by atoms with van der Waals surface area (Å²) in [4.78, 5) is 0. The standard InChI is InChI=1S/C14H21F2NO/c1-14(2,3)17-8-11-5-4-6-12(7-11)9-18-10-13(15)16/h4-7,13,17H,8-10H2,1-3H3. The Labute approximate surface area is 107 Å². The van der Waals surface area contributed by atoms with Crippen molar-refractivity contribution < 1.29 is 13.5 Å². The molecule has 0 unspecified atom stereocenters. The van der Waals surface area contributed by atoms with Gasteiger partial charge in [0.15, 0.2) is 0 Å². The molecule has 1 aromatic rings. The van der Waals surface area contributed by atoms with E-state index in [0.29, 0.717) is 0 Å². The monoisotopic (exact) mass is 257 g/mol. The van der Waals surface area contributed by atoms with E-state index >= 15 is 0 Å². The third-order valence-electron chi connectivity index (χ3n) is 2.33. The molecule has 0 bridgehead atoms. The van der Waals surface area contributed by atoms with Crippen molar-refractivity contribution in [2.24, 2.45) is 0 Å². The van der Waals surface area contributed by atoms with Crippen LogP contribution in [0.5, 0.6) is 0 Å². The highest BCUT2D eigenvalue weighted by atomic mass is 19.3. The Bertz CT molecular complexity index is 361. The Morgan fingerprint density at radius 1 is 1.22 bits per heavy atom. The fourth-order valence-electron chi connectivity index (χ4n) is 1.46. The zero-order valence-electron chi connectivity index (χ0n) is 11.2. The SMILES string of the molecule is CC(C)(C)NCc1cccc(COCC(F)F)c1. The summed E-state index contributed by atoms with van der Waals surface area (Å²) < 4.78 is 28.8. The number of alkyl halides is 2. The Balaban J connectivity index is 2.46. The van der Waals surface area contributed by atoms with Crippen LogP contribution < -0.4 is 5.32 Å². The summed E-state index contributed by atoms with van der Waals surface area (Å²) in [7, 11) is 0. The van der Waals surface area contributed by atoms with Gasteiger partial charge in [-0.15, -0.1) is 0 Å². The summed E-state index contributed by atoms with van der Waals surface area (Å²) in [5.41, 5.74) is 2.11. The van der Waals surface area contributed by atoms with Crippen LogP contribution in [0.4, 0.5) is 8.78 Å². The lowest BCUT2D eigenvalue weighted by Gasteiger charge is -2.20. The van der Waals surface area contributed by atoms with Crippen LogP contribution in [-0.2, 0) is 17.9 Å². The van der Waals surface area contributed by atoms with Gasteiger partial charge >= 0.3 is 0 Å². The molecule has 0 aromatic heterocycles. The second-order valence-corrected chi connectivity index (χ2v) is 5.33. The van der Waals surface area contributed by atoms with Crippen LogP contribution in [0.25, 0.3) is 0 Å². The molecule has 0 saturated carbocycles. The third kappa shape index (κ3) is 6.67. The van der Waals surface area contributed by atoms with E-state index in [-0.39, 0.29) is 12.1 Å². The molecule has 0 spiro atoms. The Morgan fingerprint density at radius 3 is 2.50 bits per heavy atom. The third-order valence-corrected chi connectivity index (χ3v) is 2.33. The molecule has 0 aliphatic heterocycles. The molecule has 0 aliphatic carbocycles. The van der Waals surface area contributed by atoms with Gasteiger partial charge in [-0.25, -0.2) is 8.78 Å². The lowest BCUT2D eigenvalue weighted by atomic mass is 10.1. The number of hydrogen-bond acceptors (Lipinski definition) is 2. The highest BCUT2D eigenvalue weighted by molar-refractivity contribution is 5.23. The average Bonchev–Trinajstić information content (AvgIpc) is 2.26. The minimum absolute atomic E-state index is 0.0577. The predicted molar refractivity (Wildman–Crippen MR) is 68.7 cm³/mol. The first-order chi connectivity index (χ1) is 8.37. The van der Waals surface area contributed by atoms with Crippen LogP contribution in [0.2, 0.25) is 0 Å². The lowest BCUT2D eigenvalue weighted by molar-refractivity contribution is 0.00986. The molecule has 0 aliphatic rings. The van der Waals surface area contributed by atoms with E-state index in [1.54, 1.807) is 0 Å². The van der Waals surface area contributed by atoms with Gasteiger partial charge < -0.3 is 10.1 Å². The van der Waals surface area contributed by atoms with Gasteiger partial charge in [0.2, 0.25) is 0 Å². The van der Waals surface area contributed by atoms with E-state index in [1.165, 1.54) is 0 Å². The van der Waals surface area contributed by atoms with Gasteiger partial charge in [-0.1, -0.05) is 24.3 Å². The number of halogens is 2. The van der Waals surface area contributed by atoms with E-state index in [9.17, 15) is 8.78 Å². The van der Waals surface area contributed by atoms with Crippen molar-refractivity contribution in [1.29, 1.82) is 0 Å². The maximum Gasteiger partial charge on any atom is 0.261 e. The van der Waals surface area contributed by atoms with Crippen molar-refractivity contribution >= 4 is 0 Å². The minimum Gasteiger partial charge on any atom is -0.371 e. The second-order valence-electron chi connectivity index (χ2n) is 5.33. The Kier molecular flexibility index (Phi) is 5.69. The van der Waals surface area contributed by atoms with E-state index in [1.807, 2.05) is 24.3 Å². The zero-order chi connectivity index (χ0) is 13.6. The molecule has 2 nitrogen and oxygen atoms in total. The number of hydrogen-bond donors (Lipinski definition) is 1. The maximum atomic E-state index is 11.9. The molecule has 0 amide bonds.